The van der Waals surface area contributed by atoms with Crippen molar-refractivity contribution in [1.29, 1.82) is 0 Å². The van der Waals surface area contributed by atoms with Crippen molar-refractivity contribution in [2.24, 2.45) is 0 Å². The summed E-state index contributed by atoms with van der Waals surface area (Å²) < 4.78 is 30.1. The molecule has 2 nitrogen and oxygen atoms in total. The van der Waals surface area contributed by atoms with Gasteiger partial charge in [0.2, 0.25) is 0 Å². The van der Waals surface area contributed by atoms with Gasteiger partial charge in [0.05, 0.1) is 22.8 Å². The summed E-state index contributed by atoms with van der Waals surface area (Å²) in [5.41, 5.74) is 4.32. The molecule has 2 aromatic carbocycles. The highest BCUT2D eigenvalue weighted by Crippen LogP contribution is 2.39. The predicted molar refractivity (Wildman–Crippen MR) is 124 cm³/mol. The van der Waals surface area contributed by atoms with E-state index in [1.165, 1.54) is 12.1 Å². The molecule has 4 aromatic rings. The summed E-state index contributed by atoms with van der Waals surface area (Å²) in [5.74, 6) is -0.558. The van der Waals surface area contributed by atoms with Crippen LogP contribution in [-0.4, -0.2) is 9.97 Å². The number of aromatic nitrogens is 2. The maximum absolute atomic E-state index is 15.1. The summed E-state index contributed by atoms with van der Waals surface area (Å²) in [4.78, 5) is 9.77. The molecule has 3 heterocycles. The van der Waals surface area contributed by atoms with Gasteiger partial charge in [-0.25, -0.2) is 8.78 Å². The van der Waals surface area contributed by atoms with Crippen molar-refractivity contribution < 1.29 is 8.78 Å². The third-order valence-corrected chi connectivity index (χ3v) is 6.65. The summed E-state index contributed by atoms with van der Waals surface area (Å²) in [6, 6.07) is 21.6. The van der Waals surface area contributed by atoms with E-state index in [0.29, 0.717) is 11.1 Å². The molecule has 8 bridgehead atoms. The molecule has 0 N–H and O–H groups in total. The third-order valence-electron chi connectivity index (χ3n) is 6.65. The van der Waals surface area contributed by atoms with Gasteiger partial charge in [0.25, 0.3) is 0 Å². The van der Waals surface area contributed by atoms with Crippen LogP contribution in [0.2, 0.25) is 0 Å². The standard InChI is InChI=1S/C28H24F2N2/c1-27(2)19-15-17(11-13-21(19)29)24-8-6-10-26(32-24)28(3,4)20-16-18(12-14-22(20)30)23-7-5-9-25(27)31-23/h5-16H,1-4H3. The average Bonchev–Trinajstić information content (AvgIpc) is 2.79. The lowest BCUT2D eigenvalue weighted by molar-refractivity contribution is 0.536. The van der Waals surface area contributed by atoms with E-state index >= 15 is 8.78 Å². The monoisotopic (exact) mass is 426 g/mol. The Morgan fingerprint density at radius 2 is 0.969 bits per heavy atom. The first-order chi connectivity index (χ1) is 15.2. The number of benzene rings is 2. The van der Waals surface area contributed by atoms with Crippen LogP contribution in [0.1, 0.15) is 50.2 Å². The first-order valence-electron chi connectivity index (χ1n) is 10.7. The maximum atomic E-state index is 15.1. The van der Waals surface area contributed by atoms with Crippen LogP contribution in [0.3, 0.4) is 0 Å². The van der Waals surface area contributed by atoms with Crippen molar-refractivity contribution in [2.45, 2.75) is 38.5 Å². The van der Waals surface area contributed by atoms with Gasteiger partial charge in [0.15, 0.2) is 0 Å². The van der Waals surface area contributed by atoms with Crippen LogP contribution >= 0.6 is 0 Å². The minimum atomic E-state index is -0.681. The van der Waals surface area contributed by atoms with Crippen LogP contribution in [0.4, 0.5) is 8.78 Å². The largest absolute Gasteiger partial charge is 0.252 e. The van der Waals surface area contributed by atoms with Crippen molar-refractivity contribution in [3.63, 3.8) is 0 Å². The van der Waals surface area contributed by atoms with Gasteiger partial charge in [0, 0.05) is 33.1 Å². The molecule has 0 saturated heterocycles. The number of halogens is 2. The molecule has 32 heavy (non-hydrogen) atoms. The number of pyridine rings is 2. The smallest absolute Gasteiger partial charge is 0.127 e. The zero-order valence-electron chi connectivity index (χ0n) is 18.6. The Balaban J connectivity index is 1.89. The van der Waals surface area contributed by atoms with E-state index in [1.807, 2.05) is 76.2 Å². The van der Waals surface area contributed by atoms with Crippen LogP contribution < -0.4 is 0 Å². The van der Waals surface area contributed by atoms with Crippen LogP contribution in [0.25, 0.3) is 22.5 Å². The van der Waals surface area contributed by atoms with Gasteiger partial charge in [-0.3, -0.25) is 9.97 Å². The van der Waals surface area contributed by atoms with Gasteiger partial charge in [-0.15, -0.1) is 0 Å². The Morgan fingerprint density at radius 1 is 0.562 bits per heavy atom. The van der Waals surface area contributed by atoms with Crippen LogP contribution in [-0.2, 0) is 10.8 Å². The zero-order valence-corrected chi connectivity index (χ0v) is 18.6. The molecule has 2 aromatic heterocycles. The highest BCUT2D eigenvalue weighted by atomic mass is 19.1. The van der Waals surface area contributed by atoms with Gasteiger partial charge in [-0.2, -0.15) is 0 Å². The summed E-state index contributed by atoms with van der Waals surface area (Å²) in [5, 5.41) is 0. The lowest BCUT2D eigenvalue weighted by Gasteiger charge is -2.28. The van der Waals surface area contributed by atoms with Crippen LogP contribution in [0.5, 0.6) is 0 Å². The number of hydrogen-bond donors (Lipinski definition) is 0. The first-order valence-corrected chi connectivity index (χ1v) is 10.7. The molecule has 0 amide bonds. The zero-order chi connectivity index (χ0) is 22.7. The molecule has 0 atom stereocenters. The molecule has 1 aliphatic rings. The summed E-state index contributed by atoms with van der Waals surface area (Å²) >= 11 is 0. The number of fused-ring (bicyclic) bond motifs is 10. The maximum Gasteiger partial charge on any atom is 0.127 e. The lowest BCUT2D eigenvalue weighted by atomic mass is 9.78. The molecule has 4 heteroatoms. The second kappa shape index (κ2) is 7.06. The minimum Gasteiger partial charge on any atom is -0.252 e. The van der Waals surface area contributed by atoms with E-state index in [2.05, 4.69) is 0 Å². The van der Waals surface area contributed by atoms with Crippen LogP contribution in [0.15, 0.2) is 72.8 Å². The Bertz CT molecular complexity index is 1250. The van der Waals surface area contributed by atoms with Gasteiger partial charge in [-0.05, 0) is 60.7 Å². The van der Waals surface area contributed by atoms with Crippen molar-refractivity contribution >= 4 is 0 Å². The number of hydrogen-bond acceptors (Lipinski definition) is 2. The van der Waals surface area contributed by atoms with E-state index in [4.69, 9.17) is 9.97 Å². The fourth-order valence-corrected chi connectivity index (χ4v) is 4.49. The minimum absolute atomic E-state index is 0.279. The Hall–Kier alpha value is -3.40. The molecule has 0 unspecified atom stereocenters. The summed E-state index contributed by atoms with van der Waals surface area (Å²) in [6.07, 6.45) is 0. The van der Waals surface area contributed by atoms with Gasteiger partial charge < -0.3 is 0 Å². The molecular weight excluding hydrogens is 402 g/mol. The molecule has 0 aliphatic carbocycles. The number of nitrogens with zero attached hydrogens (tertiary/aromatic N) is 2. The summed E-state index contributed by atoms with van der Waals surface area (Å²) in [6.45, 7) is 7.87. The van der Waals surface area contributed by atoms with E-state index in [0.717, 1.165) is 33.9 Å². The SMILES string of the molecule is CC1(C)c2cccc(n2)-c2ccc(F)c(c2)C(C)(C)c2cccc(n2)-c2ccc(F)c1c2. The second-order valence-corrected chi connectivity index (χ2v) is 9.46. The molecule has 5 rings (SSSR count). The number of rotatable bonds is 0. The van der Waals surface area contributed by atoms with Crippen molar-refractivity contribution in [3.8, 4) is 22.5 Å². The Labute approximate surface area is 187 Å². The Kier molecular flexibility index (Phi) is 4.52. The molecule has 0 saturated carbocycles. The highest BCUT2D eigenvalue weighted by Gasteiger charge is 2.31. The van der Waals surface area contributed by atoms with E-state index in [-0.39, 0.29) is 11.6 Å². The van der Waals surface area contributed by atoms with Gasteiger partial charge in [-0.1, -0.05) is 39.8 Å². The predicted octanol–water partition coefficient (Wildman–Crippen LogP) is 7.05. The van der Waals surface area contributed by atoms with Gasteiger partial charge in [0.1, 0.15) is 11.6 Å². The molecule has 0 radical (unpaired) electrons. The molecule has 160 valence electrons. The fourth-order valence-electron chi connectivity index (χ4n) is 4.49. The normalized spacial score (nSPS) is 15.7. The molecule has 1 aliphatic heterocycles. The lowest BCUT2D eigenvalue weighted by Crippen LogP contribution is -2.24. The molecule has 0 fully saturated rings. The molecular formula is C28H24F2N2. The fraction of sp³-hybridized carbons (Fsp3) is 0.214. The second-order valence-electron chi connectivity index (χ2n) is 9.46. The molecule has 0 spiro atoms. The quantitative estimate of drug-likeness (QED) is 0.301. The van der Waals surface area contributed by atoms with Crippen molar-refractivity contribution in [2.75, 3.05) is 0 Å². The highest BCUT2D eigenvalue weighted by molar-refractivity contribution is 5.65. The van der Waals surface area contributed by atoms with E-state index in [1.54, 1.807) is 12.1 Å². The van der Waals surface area contributed by atoms with E-state index in [9.17, 15) is 0 Å². The van der Waals surface area contributed by atoms with Crippen molar-refractivity contribution in [3.05, 3.63) is 107 Å². The van der Waals surface area contributed by atoms with Crippen molar-refractivity contribution in [1.82, 2.24) is 9.97 Å². The average molecular weight is 427 g/mol. The van der Waals surface area contributed by atoms with E-state index < -0.39 is 10.8 Å². The van der Waals surface area contributed by atoms with Gasteiger partial charge >= 0.3 is 0 Å². The van der Waals surface area contributed by atoms with Crippen LogP contribution in [0, 0.1) is 11.6 Å². The Morgan fingerprint density at radius 3 is 1.38 bits per heavy atom. The summed E-state index contributed by atoms with van der Waals surface area (Å²) in [7, 11) is 0. The third kappa shape index (κ3) is 3.13. The first kappa shape index (κ1) is 20.5. The topological polar surface area (TPSA) is 25.8 Å².